The van der Waals surface area contributed by atoms with Crippen LogP contribution in [-0.2, 0) is 11.2 Å². The summed E-state index contributed by atoms with van der Waals surface area (Å²) in [6, 6.07) is 12.1. The van der Waals surface area contributed by atoms with Gasteiger partial charge in [-0.2, -0.15) is 0 Å². The topological polar surface area (TPSA) is 38.3 Å². The molecular formula is C16H19NO2. The number of methoxy groups -OCH3 is 1. The maximum absolute atomic E-state index is 11.9. The highest BCUT2D eigenvalue weighted by Gasteiger charge is 2.08. The van der Waals surface area contributed by atoms with Crippen LogP contribution in [0.4, 0.5) is 0 Å². The molecule has 0 unspecified atom stereocenters. The second kappa shape index (κ2) is 5.74. The fourth-order valence-electron chi connectivity index (χ4n) is 2.14. The summed E-state index contributed by atoms with van der Waals surface area (Å²) in [5.41, 5.74) is 1.02. The molecule has 0 atom stereocenters. The van der Waals surface area contributed by atoms with Gasteiger partial charge in [0, 0.05) is 6.04 Å². The number of benzene rings is 2. The molecule has 0 saturated carbocycles. The van der Waals surface area contributed by atoms with Crippen molar-refractivity contribution in [2.45, 2.75) is 26.3 Å². The van der Waals surface area contributed by atoms with Gasteiger partial charge in [0.15, 0.2) is 0 Å². The van der Waals surface area contributed by atoms with E-state index in [0.717, 1.165) is 22.1 Å². The predicted molar refractivity (Wildman–Crippen MR) is 77.5 cm³/mol. The molecule has 1 amide bonds. The molecule has 3 heteroatoms. The average Bonchev–Trinajstić information content (AvgIpc) is 2.37. The Hall–Kier alpha value is -2.03. The van der Waals surface area contributed by atoms with Crippen molar-refractivity contribution in [1.29, 1.82) is 0 Å². The first-order valence-electron chi connectivity index (χ1n) is 6.45. The third-order valence-electron chi connectivity index (χ3n) is 2.98. The van der Waals surface area contributed by atoms with Gasteiger partial charge in [0.25, 0.3) is 0 Å². The lowest BCUT2D eigenvalue weighted by Gasteiger charge is -2.11. The minimum atomic E-state index is 0.0466. The SMILES string of the molecule is COc1ccc2cccc(CC(=O)NC(C)C)c2c1. The molecule has 0 heterocycles. The predicted octanol–water partition coefficient (Wildman–Crippen LogP) is 2.92. The van der Waals surface area contributed by atoms with E-state index in [1.807, 2.05) is 50.2 Å². The van der Waals surface area contributed by atoms with Crippen molar-refractivity contribution < 1.29 is 9.53 Å². The molecule has 0 radical (unpaired) electrons. The van der Waals surface area contributed by atoms with Gasteiger partial charge in [0.1, 0.15) is 5.75 Å². The number of fused-ring (bicyclic) bond motifs is 1. The Morgan fingerprint density at radius 1 is 1.26 bits per heavy atom. The third kappa shape index (κ3) is 3.25. The Bertz CT molecular complexity index is 590. The molecule has 1 N–H and O–H groups in total. The molecule has 0 bridgehead atoms. The number of carbonyl (C=O) groups is 1. The molecule has 2 aromatic carbocycles. The summed E-state index contributed by atoms with van der Waals surface area (Å²) in [5, 5.41) is 5.11. The molecule has 0 spiro atoms. The number of carbonyl (C=O) groups excluding carboxylic acids is 1. The van der Waals surface area contributed by atoms with Crippen LogP contribution in [0.25, 0.3) is 10.8 Å². The summed E-state index contributed by atoms with van der Waals surface area (Å²) in [6.07, 6.45) is 0.392. The Kier molecular flexibility index (Phi) is 4.05. The van der Waals surface area contributed by atoms with Gasteiger partial charge in [0.2, 0.25) is 5.91 Å². The third-order valence-corrected chi connectivity index (χ3v) is 2.98. The molecule has 3 nitrogen and oxygen atoms in total. The Morgan fingerprint density at radius 3 is 2.74 bits per heavy atom. The lowest BCUT2D eigenvalue weighted by Crippen LogP contribution is -2.31. The van der Waals surface area contributed by atoms with Crippen molar-refractivity contribution >= 4 is 16.7 Å². The van der Waals surface area contributed by atoms with Gasteiger partial charge >= 0.3 is 0 Å². The van der Waals surface area contributed by atoms with Crippen LogP contribution in [0.2, 0.25) is 0 Å². The van der Waals surface area contributed by atoms with Crippen molar-refractivity contribution in [2.24, 2.45) is 0 Å². The first-order chi connectivity index (χ1) is 9.10. The molecule has 2 rings (SSSR count). The highest BCUT2D eigenvalue weighted by Crippen LogP contribution is 2.24. The van der Waals surface area contributed by atoms with Gasteiger partial charge < -0.3 is 10.1 Å². The second-order valence-electron chi connectivity index (χ2n) is 4.90. The van der Waals surface area contributed by atoms with Crippen LogP contribution in [0.3, 0.4) is 0 Å². The number of nitrogens with one attached hydrogen (secondary N) is 1. The van der Waals surface area contributed by atoms with Crippen molar-refractivity contribution in [3.05, 3.63) is 42.0 Å². The quantitative estimate of drug-likeness (QED) is 0.914. The van der Waals surface area contributed by atoms with Crippen molar-refractivity contribution in [2.75, 3.05) is 7.11 Å². The first-order valence-corrected chi connectivity index (χ1v) is 6.45. The number of amides is 1. The zero-order valence-corrected chi connectivity index (χ0v) is 11.6. The van der Waals surface area contributed by atoms with E-state index in [4.69, 9.17) is 4.74 Å². The summed E-state index contributed by atoms with van der Waals surface area (Å²) < 4.78 is 5.25. The van der Waals surface area contributed by atoms with E-state index in [9.17, 15) is 4.79 Å². The molecule has 0 fully saturated rings. The first kappa shape index (κ1) is 13.4. The smallest absolute Gasteiger partial charge is 0.224 e. The van der Waals surface area contributed by atoms with Crippen LogP contribution in [0, 0.1) is 0 Å². The van der Waals surface area contributed by atoms with E-state index in [2.05, 4.69) is 5.32 Å². The van der Waals surface area contributed by atoms with E-state index in [0.29, 0.717) is 6.42 Å². The molecule has 0 aliphatic rings. The molecule has 0 aromatic heterocycles. The number of hydrogen-bond donors (Lipinski definition) is 1. The number of hydrogen-bond acceptors (Lipinski definition) is 2. The fourth-order valence-corrected chi connectivity index (χ4v) is 2.14. The lowest BCUT2D eigenvalue weighted by atomic mass is 10.0. The second-order valence-corrected chi connectivity index (χ2v) is 4.90. The van der Waals surface area contributed by atoms with Gasteiger partial charge in [-0.25, -0.2) is 0 Å². The van der Waals surface area contributed by atoms with Crippen molar-refractivity contribution in [1.82, 2.24) is 5.32 Å². The maximum Gasteiger partial charge on any atom is 0.224 e. The van der Waals surface area contributed by atoms with E-state index in [1.54, 1.807) is 7.11 Å². The highest BCUT2D eigenvalue weighted by atomic mass is 16.5. The van der Waals surface area contributed by atoms with E-state index in [1.165, 1.54) is 0 Å². The van der Waals surface area contributed by atoms with Crippen LogP contribution in [0.1, 0.15) is 19.4 Å². The summed E-state index contributed by atoms with van der Waals surface area (Å²) in [6.45, 7) is 3.92. The highest BCUT2D eigenvalue weighted by molar-refractivity contribution is 5.91. The molecule has 2 aromatic rings. The van der Waals surface area contributed by atoms with Gasteiger partial charge in [-0.05, 0) is 42.3 Å². The average molecular weight is 257 g/mol. The Morgan fingerprint density at radius 2 is 2.05 bits per heavy atom. The molecule has 100 valence electrons. The number of ether oxygens (including phenoxy) is 1. The van der Waals surface area contributed by atoms with Crippen LogP contribution in [0.15, 0.2) is 36.4 Å². The normalized spacial score (nSPS) is 10.7. The van der Waals surface area contributed by atoms with Crippen LogP contribution >= 0.6 is 0 Å². The standard InChI is InChI=1S/C16H19NO2/c1-11(2)17-16(18)9-13-6-4-5-12-7-8-14(19-3)10-15(12)13/h4-8,10-11H,9H2,1-3H3,(H,17,18). The molecule has 0 aliphatic heterocycles. The van der Waals surface area contributed by atoms with Crippen molar-refractivity contribution in [3.63, 3.8) is 0 Å². The van der Waals surface area contributed by atoms with Crippen LogP contribution in [-0.4, -0.2) is 19.1 Å². The molecular weight excluding hydrogens is 238 g/mol. The van der Waals surface area contributed by atoms with Crippen LogP contribution < -0.4 is 10.1 Å². The van der Waals surface area contributed by atoms with Gasteiger partial charge in [-0.3, -0.25) is 4.79 Å². The largest absolute Gasteiger partial charge is 0.497 e. The number of rotatable bonds is 4. The van der Waals surface area contributed by atoms with E-state index in [-0.39, 0.29) is 11.9 Å². The van der Waals surface area contributed by atoms with Gasteiger partial charge in [-0.1, -0.05) is 24.3 Å². The van der Waals surface area contributed by atoms with Gasteiger partial charge in [0.05, 0.1) is 13.5 Å². The zero-order chi connectivity index (χ0) is 13.8. The summed E-state index contributed by atoms with van der Waals surface area (Å²) in [7, 11) is 1.65. The fraction of sp³-hybridized carbons (Fsp3) is 0.312. The Balaban J connectivity index is 2.34. The summed E-state index contributed by atoms with van der Waals surface area (Å²) in [5.74, 6) is 0.856. The molecule has 19 heavy (non-hydrogen) atoms. The molecule has 0 saturated heterocycles. The molecule has 0 aliphatic carbocycles. The summed E-state index contributed by atoms with van der Waals surface area (Å²) >= 11 is 0. The summed E-state index contributed by atoms with van der Waals surface area (Å²) in [4.78, 5) is 11.9. The lowest BCUT2D eigenvalue weighted by molar-refractivity contribution is -0.120. The van der Waals surface area contributed by atoms with E-state index < -0.39 is 0 Å². The monoisotopic (exact) mass is 257 g/mol. The maximum atomic E-state index is 11.9. The van der Waals surface area contributed by atoms with Crippen LogP contribution in [0.5, 0.6) is 5.75 Å². The van der Waals surface area contributed by atoms with E-state index >= 15 is 0 Å². The van der Waals surface area contributed by atoms with Gasteiger partial charge in [-0.15, -0.1) is 0 Å². The minimum absolute atomic E-state index is 0.0466. The van der Waals surface area contributed by atoms with Crippen molar-refractivity contribution in [3.8, 4) is 5.75 Å². The Labute approximate surface area is 113 Å². The zero-order valence-electron chi connectivity index (χ0n) is 11.6. The minimum Gasteiger partial charge on any atom is -0.497 e.